The monoisotopic (exact) mass is 580 g/mol. The fourth-order valence-corrected chi connectivity index (χ4v) is 4.74. The summed E-state index contributed by atoms with van der Waals surface area (Å²) in [5.74, 6) is 0.641. The fourth-order valence-electron chi connectivity index (χ4n) is 4.74. The molecule has 0 aliphatic rings. The summed E-state index contributed by atoms with van der Waals surface area (Å²) in [6.07, 6.45) is 1.10. The maximum Gasteiger partial charge on any atom is 0.246 e. The summed E-state index contributed by atoms with van der Waals surface area (Å²) in [5.41, 5.74) is 3.36. The molecule has 5 N–H and O–H groups in total. The average Bonchev–Trinajstić information content (AvgIpc) is 2.87. The van der Waals surface area contributed by atoms with Gasteiger partial charge in [0.2, 0.25) is 17.7 Å². The Morgan fingerprint density at radius 2 is 1.07 bits per heavy atom. The van der Waals surface area contributed by atoms with E-state index in [0.717, 1.165) is 16.8 Å². The van der Waals surface area contributed by atoms with Crippen molar-refractivity contribution in [2.75, 3.05) is 10.6 Å². The number of hydrogen-bond acceptors (Lipinski definition) is 5. The van der Waals surface area contributed by atoms with Gasteiger partial charge in [-0.2, -0.15) is 0 Å². The summed E-state index contributed by atoms with van der Waals surface area (Å²) in [4.78, 5) is 37.6. The van der Waals surface area contributed by atoms with Crippen LogP contribution in [0.5, 0.6) is 0 Å². The van der Waals surface area contributed by atoms with Crippen LogP contribution in [-0.4, -0.2) is 41.1 Å². The molecular formula is C34H52N4O4. The summed E-state index contributed by atoms with van der Waals surface area (Å²) in [6, 6.07) is 14.3. The van der Waals surface area contributed by atoms with E-state index in [1.54, 1.807) is 0 Å². The number of carbonyl (C=O) groups is 3. The Hall–Kier alpha value is -3.39. The highest BCUT2D eigenvalue weighted by atomic mass is 16.3. The van der Waals surface area contributed by atoms with Crippen LogP contribution in [0.4, 0.5) is 11.4 Å². The minimum absolute atomic E-state index is 0.0576. The highest BCUT2D eigenvalue weighted by molar-refractivity contribution is 5.97. The van der Waals surface area contributed by atoms with Gasteiger partial charge in [-0.15, -0.1) is 0 Å². The normalized spacial score (nSPS) is 13.6. The minimum atomic E-state index is -0.924. The molecule has 8 nitrogen and oxygen atoms in total. The first-order valence-electron chi connectivity index (χ1n) is 15.3. The van der Waals surface area contributed by atoms with Crippen LogP contribution in [0.2, 0.25) is 0 Å². The second-order valence-corrected chi connectivity index (χ2v) is 13.0. The zero-order chi connectivity index (χ0) is 31.4. The molecule has 0 heterocycles. The number of rotatable bonds is 16. The number of benzene rings is 2. The standard InChI is InChI=1S/C34H52N4O4/c1-21(2)17-29(37-31(39)19-23(5)6)33(41)35-27-13-9-25(10-14-27)26-11-15-28(16-12-26)36-34(42)30(18-22(3)4)38-32(40)20-24(7)8/h9-16,21-24,29-30,33,35,41H,17-20H2,1-8H3,(H,36,42)(H,37,39)(H,38,40)/t29-,30-,33?/m0/s1. The van der Waals surface area contributed by atoms with Crippen molar-refractivity contribution in [1.82, 2.24) is 10.6 Å². The molecule has 0 bridgehead atoms. The first-order valence-corrected chi connectivity index (χ1v) is 15.3. The predicted molar refractivity (Wildman–Crippen MR) is 172 cm³/mol. The van der Waals surface area contributed by atoms with Crippen molar-refractivity contribution in [3.05, 3.63) is 48.5 Å². The van der Waals surface area contributed by atoms with Gasteiger partial charge in [0.15, 0.2) is 0 Å². The molecule has 42 heavy (non-hydrogen) atoms. The number of hydrogen-bond donors (Lipinski definition) is 5. The molecule has 0 aromatic heterocycles. The van der Waals surface area contributed by atoms with E-state index in [1.165, 1.54) is 0 Å². The highest BCUT2D eigenvalue weighted by Crippen LogP contribution is 2.24. The zero-order valence-corrected chi connectivity index (χ0v) is 26.7. The molecule has 2 aromatic rings. The second-order valence-electron chi connectivity index (χ2n) is 13.0. The molecule has 2 rings (SSSR count). The van der Waals surface area contributed by atoms with Crippen LogP contribution < -0.4 is 21.3 Å². The molecule has 0 aliphatic heterocycles. The van der Waals surface area contributed by atoms with Gasteiger partial charge in [-0.1, -0.05) is 79.7 Å². The number of carbonyl (C=O) groups excluding carboxylic acids is 3. The maximum atomic E-state index is 13.0. The number of anilines is 2. The molecule has 0 spiro atoms. The van der Waals surface area contributed by atoms with E-state index >= 15 is 0 Å². The van der Waals surface area contributed by atoms with Crippen LogP contribution in [0.3, 0.4) is 0 Å². The van der Waals surface area contributed by atoms with Crippen molar-refractivity contribution in [2.45, 2.75) is 99.4 Å². The Bertz CT molecular complexity index is 1130. The van der Waals surface area contributed by atoms with Crippen molar-refractivity contribution in [2.24, 2.45) is 23.7 Å². The number of amides is 3. The lowest BCUT2D eigenvalue weighted by Gasteiger charge is -2.27. The number of aliphatic hydroxyl groups excluding tert-OH is 1. The Balaban J connectivity index is 2.03. The van der Waals surface area contributed by atoms with Gasteiger partial charge in [0, 0.05) is 24.2 Å². The number of nitrogens with one attached hydrogen (secondary N) is 4. The van der Waals surface area contributed by atoms with E-state index in [9.17, 15) is 19.5 Å². The van der Waals surface area contributed by atoms with Crippen LogP contribution in [0.25, 0.3) is 11.1 Å². The molecule has 1 unspecified atom stereocenters. The van der Waals surface area contributed by atoms with Gasteiger partial charge in [0.05, 0.1) is 6.04 Å². The molecular weight excluding hydrogens is 528 g/mol. The average molecular weight is 581 g/mol. The van der Waals surface area contributed by atoms with Gasteiger partial charge < -0.3 is 26.4 Å². The Morgan fingerprint density at radius 3 is 1.52 bits per heavy atom. The van der Waals surface area contributed by atoms with Gasteiger partial charge in [0.25, 0.3) is 0 Å². The largest absolute Gasteiger partial charge is 0.372 e. The lowest BCUT2D eigenvalue weighted by Crippen LogP contribution is -2.47. The van der Waals surface area contributed by atoms with Crippen LogP contribution in [-0.2, 0) is 14.4 Å². The van der Waals surface area contributed by atoms with E-state index in [-0.39, 0.29) is 35.5 Å². The fraction of sp³-hybridized carbons (Fsp3) is 0.559. The molecule has 0 aliphatic carbocycles. The van der Waals surface area contributed by atoms with E-state index in [1.807, 2.05) is 90.1 Å². The molecule has 3 atom stereocenters. The molecule has 0 fully saturated rings. The summed E-state index contributed by atoms with van der Waals surface area (Å²) >= 11 is 0. The van der Waals surface area contributed by atoms with Crippen LogP contribution in [0, 0.1) is 23.7 Å². The second kappa shape index (κ2) is 16.9. The smallest absolute Gasteiger partial charge is 0.246 e. The predicted octanol–water partition coefficient (Wildman–Crippen LogP) is 6.18. The molecule has 0 saturated carbocycles. The van der Waals surface area contributed by atoms with Crippen molar-refractivity contribution >= 4 is 29.1 Å². The van der Waals surface area contributed by atoms with Crippen LogP contribution in [0.15, 0.2) is 48.5 Å². The third-order valence-corrected chi connectivity index (χ3v) is 6.68. The van der Waals surface area contributed by atoms with Gasteiger partial charge in [-0.3, -0.25) is 14.4 Å². The quantitative estimate of drug-likeness (QED) is 0.152. The molecule has 0 saturated heterocycles. The molecule has 2 aromatic carbocycles. The summed E-state index contributed by atoms with van der Waals surface area (Å²) in [6.45, 7) is 16.1. The van der Waals surface area contributed by atoms with Crippen LogP contribution >= 0.6 is 0 Å². The lowest BCUT2D eigenvalue weighted by molar-refractivity contribution is -0.127. The SMILES string of the molecule is CC(C)CC(=O)N[C@@H](CC(C)C)C(=O)Nc1ccc(-c2ccc(NC(O)[C@H](CC(C)C)NC(=O)CC(C)C)cc2)cc1. The summed E-state index contributed by atoms with van der Waals surface area (Å²) in [5, 5.41) is 22.8. The van der Waals surface area contributed by atoms with E-state index in [0.29, 0.717) is 37.3 Å². The van der Waals surface area contributed by atoms with Crippen molar-refractivity contribution in [1.29, 1.82) is 0 Å². The Kier molecular flexibility index (Phi) is 14.0. The topological polar surface area (TPSA) is 120 Å². The van der Waals surface area contributed by atoms with Crippen LogP contribution in [0.1, 0.15) is 81.1 Å². The highest BCUT2D eigenvalue weighted by Gasteiger charge is 2.24. The zero-order valence-electron chi connectivity index (χ0n) is 26.7. The Morgan fingerprint density at radius 1 is 0.619 bits per heavy atom. The minimum Gasteiger partial charge on any atom is -0.372 e. The van der Waals surface area contributed by atoms with E-state index in [4.69, 9.17) is 0 Å². The summed E-state index contributed by atoms with van der Waals surface area (Å²) < 4.78 is 0. The maximum absolute atomic E-state index is 13.0. The third-order valence-electron chi connectivity index (χ3n) is 6.68. The van der Waals surface area contributed by atoms with Crippen molar-refractivity contribution in [3.8, 4) is 11.1 Å². The van der Waals surface area contributed by atoms with Gasteiger partial charge >= 0.3 is 0 Å². The first-order chi connectivity index (χ1) is 19.7. The summed E-state index contributed by atoms with van der Waals surface area (Å²) in [7, 11) is 0. The lowest BCUT2D eigenvalue weighted by atomic mass is 10.0. The molecule has 3 amide bonds. The van der Waals surface area contributed by atoms with Crippen molar-refractivity contribution < 1.29 is 19.5 Å². The number of aliphatic hydroxyl groups is 1. The third kappa shape index (κ3) is 12.6. The van der Waals surface area contributed by atoms with Gasteiger partial charge in [0.1, 0.15) is 12.3 Å². The van der Waals surface area contributed by atoms with Gasteiger partial charge in [-0.25, -0.2) is 0 Å². The molecule has 232 valence electrons. The van der Waals surface area contributed by atoms with Gasteiger partial charge in [-0.05, 0) is 71.9 Å². The van der Waals surface area contributed by atoms with E-state index < -0.39 is 18.3 Å². The first kappa shape index (κ1) is 34.8. The van der Waals surface area contributed by atoms with Crippen molar-refractivity contribution in [3.63, 3.8) is 0 Å². The molecule has 8 heteroatoms. The van der Waals surface area contributed by atoms with E-state index in [2.05, 4.69) is 35.1 Å². The Labute approximate surface area is 252 Å². The molecule has 0 radical (unpaired) electrons.